The fourth-order valence-electron chi connectivity index (χ4n) is 1.07. The Morgan fingerprint density at radius 3 is 2.86 bits per heavy atom. The highest BCUT2D eigenvalue weighted by Crippen LogP contribution is 2.14. The molecule has 0 aliphatic rings. The summed E-state index contributed by atoms with van der Waals surface area (Å²) >= 11 is 0. The molecule has 0 atom stereocenters. The summed E-state index contributed by atoms with van der Waals surface area (Å²) in [4.78, 5) is 14.1. The van der Waals surface area contributed by atoms with Crippen LogP contribution in [0.15, 0.2) is 35.3 Å². The van der Waals surface area contributed by atoms with Crippen molar-refractivity contribution in [1.82, 2.24) is 15.2 Å². The van der Waals surface area contributed by atoms with Crippen molar-refractivity contribution >= 4 is 0 Å². The standard InChI is InChI=1S/C9H6FN3O/c10-7-3-1-2-6(4-7)8-5-11-9(14)13-12-8/h1-5H,(H,11,13,14). The second kappa shape index (κ2) is 3.37. The first-order valence-corrected chi connectivity index (χ1v) is 3.93. The van der Waals surface area contributed by atoms with E-state index in [2.05, 4.69) is 15.2 Å². The minimum Gasteiger partial charge on any atom is -0.244 e. The van der Waals surface area contributed by atoms with Crippen molar-refractivity contribution in [1.29, 1.82) is 0 Å². The molecule has 1 heterocycles. The van der Waals surface area contributed by atoms with E-state index in [1.54, 1.807) is 12.1 Å². The van der Waals surface area contributed by atoms with Crippen molar-refractivity contribution in [2.45, 2.75) is 0 Å². The van der Waals surface area contributed by atoms with E-state index in [-0.39, 0.29) is 5.82 Å². The maximum absolute atomic E-state index is 12.8. The number of hydrogen-bond donors (Lipinski definition) is 1. The molecule has 0 saturated heterocycles. The summed E-state index contributed by atoms with van der Waals surface area (Å²) in [7, 11) is 0. The van der Waals surface area contributed by atoms with Crippen LogP contribution in [0.25, 0.3) is 11.3 Å². The molecule has 0 spiro atoms. The molecule has 4 nitrogen and oxygen atoms in total. The molecule has 0 fully saturated rings. The first-order valence-electron chi connectivity index (χ1n) is 3.93. The van der Waals surface area contributed by atoms with Crippen LogP contribution in [0, 0.1) is 5.82 Å². The maximum atomic E-state index is 12.8. The first-order chi connectivity index (χ1) is 6.75. The summed E-state index contributed by atoms with van der Waals surface area (Å²) in [5.41, 5.74) is 0.489. The molecule has 70 valence electrons. The highest BCUT2D eigenvalue weighted by molar-refractivity contribution is 5.56. The third-order valence-corrected chi connectivity index (χ3v) is 1.70. The molecule has 0 bridgehead atoms. The van der Waals surface area contributed by atoms with Crippen LogP contribution in [-0.2, 0) is 0 Å². The van der Waals surface area contributed by atoms with Gasteiger partial charge in [0.05, 0.1) is 6.20 Å². The Hall–Kier alpha value is -2.04. The quantitative estimate of drug-likeness (QED) is 0.730. The lowest BCUT2D eigenvalue weighted by Crippen LogP contribution is -2.11. The summed E-state index contributed by atoms with van der Waals surface area (Å²) in [6, 6.07) is 5.91. The SMILES string of the molecule is O=c1ncc(-c2cccc(F)c2)n[nH]1. The van der Waals surface area contributed by atoms with Gasteiger partial charge in [-0.15, -0.1) is 0 Å². The second-order valence-electron chi connectivity index (χ2n) is 2.68. The van der Waals surface area contributed by atoms with Crippen molar-refractivity contribution in [3.05, 3.63) is 46.8 Å². The molecule has 2 rings (SSSR count). The molecule has 0 amide bonds. The molecule has 5 heteroatoms. The van der Waals surface area contributed by atoms with Crippen LogP contribution in [0.3, 0.4) is 0 Å². The lowest BCUT2D eigenvalue weighted by Gasteiger charge is -1.97. The van der Waals surface area contributed by atoms with E-state index < -0.39 is 5.69 Å². The molecule has 14 heavy (non-hydrogen) atoms. The van der Waals surface area contributed by atoms with E-state index in [1.165, 1.54) is 18.3 Å². The number of benzene rings is 1. The van der Waals surface area contributed by atoms with Crippen LogP contribution >= 0.6 is 0 Å². The Balaban J connectivity index is 2.49. The minimum atomic E-state index is -0.523. The molecule has 0 radical (unpaired) electrons. The van der Waals surface area contributed by atoms with Gasteiger partial charge in [-0.25, -0.2) is 14.3 Å². The molecule has 0 saturated carbocycles. The largest absolute Gasteiger partial charge is 0.361 e. The number of H-pyrrole nitrogens is 1. The van der Waals surface area contributed by atoms with Crippen LogP contribution in [-0.4, -0.2) is 15.2 Å². The van der Waals surface area contributed by atoms with Gasteiger partial charge in [-0.1, -0.05) is 12.1 Å². The van der Waals surface area contributed by atoms with Crippen LogP contribution < -0.4 is 5.69 Å². The zero-order chi connectivity index (χ0) is 9.97. The Labute approximate surface area is 78.4 Å². The molecular weight excluding hydrogens is 185 g/mol. The number of hydrogen-bond acceptors (Lipinski definition) is 3. The predicted octanol–water partition coefficient (Wildman–Crippen LogP) is 0.971. The molecule has 0 aliphatic heterocycles. The van der Waals surface area contributed by atoms with Gasteiger partial charge in [-0.3, -0.25) is 0 Å². The summed E-state index contributed by atoms with van der Waals surface area (Å²) < 4.78 is 12.8. The van der Waals surface area contributed by atoms with E-state index in [1.807, 2.05) is 0 Å². The van der Waals surface area contributed by atoms with Crippen molar-refractivity contribution in [3.8, 4) is 11.3 Å². The second-order valence-corrected chi connectivity index (χ2v) is 2.68. The van der Waals surface area contributed by atoms with Crippen molar-refractivity contribution in [2.24, 2.45) is 0 Å². The third-order valence-electron chi connectivity index (χ3n) is 1.70. The topological polar surface area (TPSA) is 58.6 Å². The molecular formula is C9H6FN3O. The molecule has 2 aromatic rings. The van der Waals surface area contributed by atoms with Gasteiger partial charge < -0.3 is 0 Å². The van der Waals surface area contributed by atoms with Crippen LogP contribution in [0.1, 0.15) is 0 Å². The Bertz CT molecular complexity index is 489. The molecule has 1 aromatic heterocycles. The Morgan fingerprint density at radius 1 is 1.36 bits per heavy atom. The van der Waals surface area contributed by atoms with Gasteiger partial charge in [0.15, 0.2) is 0 Å². The van der Waals surface area contributed by atoms with Crippen molar-refractivity contribution in [3.63, 3.8) is 0 Å². The Morgan fingerprint density at radius 2 is 2.21 bits per heavy atom. The van der Waals surface area contributed by atoms with E-state index in [4.69, 9.17) is 0 Å². The van der Waals surface area contributed by atoms with E-state index >= 15 is 0 Å². The van der Waals surface area contributed by atoms with Crippen LogP contribution in [0.4, 0.5) is 4.39 Å². The summed E-state index contributed by atoms with van der Waals surface area (Å²) in [5.74, 6) is -0.351. The van der Waals surface area contributed by atoms with E-state index in [9.17, 15) is 9.18 Å². The van der Waals surface area contributed by atoms with Crippen molar-refractivity contribution in [2.75, 3.05) is 0 Å². The lowest BCUT2D eigenvalue weighted by atomic mass is 10.2. The number of rotatable bonds is 1. The predicted molar refractivity (Wildman–Crippen MR) is 48.0 cm³/mol. The normalized spacial score (nSPS) is 10.1. The van der Waals surface area contributed by atoms with Gasteiger partial charge in [-0.05, 0) is 12.1 Å². The van der Waals surface area contributed by atoms with Gasteiger partial charge >= 0.3 is 5.69 Å². The number of nitrogens with one attached hydrogen (secondary N) is 1. The van der Waals surface area contributed by atoms with Crippen molar-refractivity contribution < 1.29 is 4.39 Å². The Kier molecular flexibility index (Phi) is 2.06. The number of aromatic amines is 1. The lowest BCUT2D eigenvalue weighted by molar-refractivity contribution is 0.628. The molecule has 1 N–H and O–H groups in total. The van der Waals surface area contributed by atoms with E-state index in [0.717, 1.165) is 0 Å². The highest BCUT2D eigenvalue weighted by Gasteiger charge is 2.00. The maximum Gasteiger partial charge on any atom is 0.361 e. The fraction of sp³-hybridized carbons (Fsp3) is 0. The zero-order valence-electron chi connectivity index (χ0n) is 7.07. The molecule has 1 aromatic carbocycles. The third kappa shape index (κ3) is 1.66. The van der Waals surface area contributed by atoms with Gasteiger partial charge in [0.25, 0.3) is 0 Å². The van der Waals surface area contributed by atoms with E-state index in [0.29, 0.717) is 11.3 Å². The number of nitrogens with zero attached hydrogens (tertiary/aromatic N) is 2. The summed E-state index contributed by atoms with van der Waals surface area (Å²) in [5, 5.41) is 5.90. The van der Waals surface area contributed by atoms with Gasteiger partial charge in [0.2, 0.25) is 0 Å². The van der Waals surface area contributed by atoms with Crippen LogP contribution in [0.2, 0.25) is 0 Å². The van der Waals surface area contributed by atoms with Gasteiger partial charge in [0.1, 0.15) is 11.5 Å². The smallest absolute Gasteiger partial charge is 0.244 e. The van der Waals surface area contributed by atoms with Crippen LogP contribution in [0.5, 0.6) is 0 Å². The number of halogens is 1. The molecule has 0 aliphatic carbocycles. The van der Waals surface area contributed by atoms with Gasteiger partial charge in [0, 0.05) is 5.56 Å². The zero-order valence-corrected chi connectivity index (χ0v) is 7.07. The highest BCUT2D eigenvalue weighted by atomic mass is 19.1. The summed E-state index contributed by atoms with van der Waals surface area (Å²) in [6.45, 7) is 0. The monoisotopic (exact) mass is 191 g/mol. The fourth-order valence-corrected chi connectivity index (χ4v) is 1.07. The molecule has 0 unspecified atom stereocenters. The first kappa shape index (κ1) is 8.55. The average Bonchev–Trinajstić information content (AvgIpc) is 2.19. The minimum absolute atomic E-state index is 0.351. The number of aromatic nitrogens is 3. The summed E-state index contributed by atoms with van der Waals surface area (Å²) in [6.07, 6.45) is 1.30. The average molecular weight is 191 g/mol. The van der Waals surface area contributed by atoms with Gasteiger partial charge in [-0.2, -0.15) is 10.1 Å².